The van der Waals surface area contributed by atoms with Gasteiger partial charge in [0, 0.05) is 6.20 Å². The van der Waals surface area contributed by atoms with E-state index in [0.29, 0.717) is 10.7 Å². The normalized spacial score (nSPS) is 12.1. The number of unbranched alkanes of at least 4 members (excludes halogenated alkanes) is 1. The van der Waals surface area contributed by atoms with Crippen molar-refractivity contribution in [2.24, 2.45) is 4.99 Å². The number of aliphatic hydroxyl groups is 1. The van der Waals surface area contributed by atoms with Crippen molar-refractivity contribution in [3.8, 4) is 0 Å². The van der Waals surface area contributed by atoms with Gasteiger partial charge in [-0.05, 0) is 31.7 Å². The molecule has 0 aromatic carbocycles. The Morgan fingerprint density at radius 3 is 2.95 bits per heavy atom. The van der Waals surface area contributed by atoms with Crippen LogP contribution in [-0.2, 0) is 6.61 Å². The molecule has 2 heterocycles. The molecule has 0 amide bonds. The molecule has 0 radical (unpaired) electrons. The molecule has 0 saturated heterocycles. The van der Waals surface area contributed by atoms with Crippen molar-refractivity contribution in [1.29, 1.82) is 0 Å². The van der Waals surface area contributed by atoms with E-state index >= 15 is 0 Å². The van der Waals surface area contributed by atoms with Crippen molar-refractivity contribution in [3.05, 3.63) is 40.3 Å². The van der Waals surface area contributed by atoms with Gasteiger partial charge in [-0.1, -0.05) is 31.0 Å². The molecule has 20 heavy (non-hydrogen) atoms. The number of halogens is 1. The molecule has 106 valence electrons. The largest absolute Gasteiger partial charge is 0.392 e. The summed E-state index contributed by atoms with van der Waals surface area (Å²) in [7, 11) is 0. The number of nitrogens with zero attached hydrogens (tertiary/aromatic N) is 3. The van der Waals surface area contributed by atoms with E-state index in [0.717, 1.165) is 35.5 Å². The van der Waals surface area contributed by atoms with Crippen LogP contribution in [0.3, 0.4) is 0 Å². The van der Waals surface area contributed by atoms with Crippen LogP contribution in [0.1, 0.15) is 36.7 Å². The summed E-state index contributed by atoms with van der Waals surface area (Å²) in [5, 5.41) is 9.83. The van der Waals surface area contributed by atoms with E-state index in [2.05, 4.69) is 23.6 Å². The van der Waals surface area contributed by atoms with Crippen LogP contribution >= 0.6 is 11.6 Å². The van der Waals surface area contributed by atoms with Crippen molar-refractivity contribution in [1.82, 2.24) is 9.38 Å². The topological polar surface area (TPSA) is 49.9 Å². The van der Waals surface area contributed by atoms with Gasteiger partial charge >= 0.3 is 0 Å². The Bertz CT molecular complexity index is 673. The zero-order valence-corrected chi connectivity index (χ0v) is 12.5. The van der Waals surface area contributed by atoms with Gasteiger partial charge in [0.1, 0.15) is 0 Å². The fourth-order valence-electron chi connectivity index (χ4n) is 2.18. The van der Waals surface area contributed by atoms with E-state index in [4.69, 9.17) is 11.6 Å². The molecule has 0 fully saturated rings. The fraction of sp³-hybridized carbons (Fsp3) is 0.333. The molecular weight excluding hydrogens is 274 g/mol. The van der Waals surface area contributed by atoms with Crippen LogP contribution in [0.2, 0.25) is 5.02 Å². The Morgan fingerprint density at radius 2 is 2.35 bits per heavy atom. The fourth-order valence-corrected chi connectivity index (χ4v) is 2.46. The third-order valence-electron chi connectivity index (χ3n) is 3.13. The molecule has 2 rings (SSSR count). The summed E-state index contributed by atoms with van der Waals surface area (Å²) in [4.78, 5) is 8.59. The molecule has 0 atom stereocenters. The molecule has 0 aliphatic heterocycles. The quantitative estimate of drug-likeness (QED) is 0.855. The van der Waals surface area contributed by atoms with Crippen molar-refractivity contribution in [2.75, 3.05) is 0 Å². The van der Waals surface area contributed by atoms with Crippen molar-refractivity contribution in [3.63, 3.8) is 0 Å². The van der Waals surface area contributed by atoms with Crippen LogP contribution in [0.25, 0.3) is 11.3 Å². The van der Waals surface area contributed by atoms with E-state index in [-0.39, 0.29) is 6.61 Å². The number of aliphatic imine (C=N–C) groups is 1. The number of hydrogen-bond donors (Lipinski definition) is 1. The molecule has 0 unspecified atom stereocenters. The summed E-state index contributed by atoms with van der Waals surface area (Å²) in [6.45, 7) is 7.60. The minimum atomic E-state index is -0.0676. The lowest BCUT2D eigenvalue weighted by Gasteiger charge is -2.06. The first-order chi connectivity index (χ1) is 9.62. The van der Waals surface area contributed by atoms with Crippen molar-refractivity contribution >= 4 is 29.7 Å². The molecule has 4 nitrogen and oxygen atoms in total. The monoisotopic (exact) mass is 291 g/mol. The first-order valence-corrected chi connectivity index (χ1v) is 6.95. The average Bonchev–Trinajstić information content (AvgIpc) is 2.77. The predicted molar refractivity (Wildman–Crippen MR) is 83.3 cm³/mol. The number of fused-ring (bicyclic) bond motifs is 1. The lowest BCUT2D eigenvalue weighted by molar-refractivity contribution is 0.281. The SMILES string of the molecule is C=N/C(=C\CCC)c1c(C)nc2c(Cl)cc(CO)cn12. The van der Waals surface area contributed by atoms with Gasteiger partial charge in [-0.25, -0.2) is 4.98 Å². The van der Waals surface area contributed by atoms with Gasteiger partial charge in [0.15, 0.2) is 5.65 Å². The molecule has 2 aromatic heterocycles. The van der Waals surface area contributed by atoms with Crippen LogP contribution in [0.15, 0.2) is 23.3 Å². The van der Waals surface area contributed by atoms with Crippen LogP contribution in [0.5, 0.6) is 0 Å². The van der Waals surface area contributed by atoms with Gasteiger partial charge < -0.3 is 5.11 Å². The standard InChI is InChI=1S/C15H18ClN3O/c1-4-5-6-13(17-3)14-10(2)18-15-12(16)7-11(9-20)8-19(14)15/h6-8,20H,3-5,9H2,1-2H3/b13-6-. The van der Waals surface area contributed by atoms with E-state index in [1.807, 2.05) is 23.6 Å². The summed E-state index contributed by atoms with van der Waals surface area (Å²) in [6.07, 6.45) is 5.84. The maximum atomic E-state index is 9.31. The van der Waals surface area contributed by atoms with E-state index in [9.17, 15) is 5.11 Å². The number of hydrogen-bond acceptors (Lipinski definition) is 3. The Labute approximate surface area is 123 Å². The van der Waals surface area contributed by atoms with Crippen molar-refractivity contribution < 1.29 is 5.11 Å². The van der Waals surface area contributed by atoms with Gasteiger partial charge in [-0.3, -0.25) is 9.39 Å². The minimum absolute atomic E-state index is 0.0676. The number of pyridine rings is 1. The van der Waals surface area contributed by atoms with E-state index in [1.54, 1.807) is 6.07 Å². The molecule has 0 bridgehead atoms. The Hall–Kier alpha value is -1.65. The molecule has 0 aliphatic carbocycles. The highest BCUT2D eigenvalue weighted by Gasteiger charge is 2.15. The molecule has 5 heteroatoms. The number of aromatic nitrogens is 2. The van der Waals surface area contributed by atoms with Crippen molar-refractivity contribution in [2.45, 2.75) is 33.3 Å². The van der Waals surface area contributed by atoms with Crippen LogP contribution in [0.4, 0.5) is 0 Å². The molecular formula is C15H18ClN3O. The van der Waals surface area contributed by atoms with Gasteiger partial charge in [-0.2, -0.15) is 0 Å². The third kappa shape index (κ3) is 2.62. The van der Waals surface area contributed by atoms with Gasteiger partial charge in [0.25, 0.3) is 0 Å². The summed E-state index contributed by atoms with van der Waals surface area (Å²) >= 11 is 6.22. The summed E-state index contributed by atoms with van der Waals surface area (Å²) < 4.78 is 1.87. The first kappa shape index (κ1) is 14.8. The van der Waals surface area contributed by atoms with E-state index < -0.39 is 0 Å². The number of aryl methyl sites for hydroxylation is 1. The highest BCUT2D eigenvalue weighted by molar-refractivity contribution is 6.33. The van der Waals surface area contributed by atoms with Gasteiger partial charge in [0.05, 0.1) is 28.7 Å². The second-order valence-corrected chi connectivity index (χ2v) is 5.04. The maximum absolute atomic E-state index is 9.31. The smallest absolute Gasteiger partial charge is 0.156 e. The molecule has 0 saturated carbocycles. The highest BCUT2D eigenvalue weighted by atomic mass is 35.5. The minimum Gasteiger partial charge on any atom is -0.392 e. The lowest BCUT2D eigenvalue weighted by Crippen LogP contribution is -1.96. The Morgan fingerprint density at radius 1 is 1.60 bits per heavy atom. The summed E-state index contributed by atoms with van der Waals surface area (Å²) in [5.74, 6) is 0. The highest BCUT2D eigenvalue weighted by Crippen LogP contribution is 2.27. The van der Waals surface area contributed by atoms with Gasteiger partial charge in [0.2, 0.25) is 0 Å². The Balaban J connectivity index is 2.71. The number of allylic oxidation sites excluding steroid dienone is 1. The number of imidazole rings is 1. The maximum Gasteiger partial charge on any atom is 0.156 e. The summed E-state index contributed by atoms with van der Waals surface area (Å²) in [5.41, 5.74) is 3.92. The van der Waals surface area contributed by atoms with E-state index in [1.165, 1.54) is 0 Å². The zero-order chi connectivity index (χ0) is 14.7. The Kier molecular flexibility index (Phi) is 4.57. The van der Waals surface area contributed by atoms with Crippen LogP contribution in [-0.4, -0.2) is 21.2 Å². The second kappa shape index (κ2) is 6.20. The molecule has 1 N–H and O–H groups in total. The zero-order valence-electron chi connectivity index (χ0n) is 11.7. The number of rotatable bonds is 5. The lowest BCUT2D eigenvalue weighted by atomic mass is 10.2. The third-order valence-corrected chi connectivity index (χ3v) is 3.41. The molecule has 2 aromatic rings. The molecule has 0 spiro atoms. The van der Waals surface area contributed by atoms with Crippen LogP contribution < -0.4 is 0 Å². The second-order valence-electron chi connectivity index (χ2n) is 4.63. The van der Waals surface area contributed by atoms with Crippen LogP contribution in [0, 0.1) is 6.92 Å². The average molecular weight is 292 g/mol. The number of aliphatic hydroxyl groups excluding tert-OH is 1. The molecule has 0 aliphatic rings. The first-order valence-electron chi connectivity index (χ1n) is 6.57. The summed E-state index contributed by atoms with van der Waals surface area (Å²) in [6, 6.07) is 1.73. The van der Waals surface area contributed by atoms with Gasteiger partial charge in [-0.15, -0.1) is 0 Å². The predicted octanol–water partition coefficient (Wildman–Crippen LogP) is 3.63.